The fourth-order valence-corrected chi connectivity index (χ4v) is 6.64. The quantitative estimate of drug-likeness (QED) is 0.235. The Labute approximate surface area is 238 Å². The molecule has 0 radical (unpaired) electrons. The first-order valence-corrected chi connectivity index (χ1v) is 13.9. The number of anilines is 1. The molecular weight excluding hydrogens is 519 g/mol. The van der Waals surface area contributed by atoms with Gasteiger partial charge in [0.25, 0.3) is 0 Å². The number of allylic oxidation sites excluding steroid dienone is 2. The Balaban J connectivity index is 1.24. The van der Waals surface area contributed by atoms with Gasteiger partial charge in [-0.05, 0) is 90.8 Å². The smallest absolute Gasteiger partial charge is 0.488 e. The number of benzene rings is 2. The zero-order chi connectivity index (χ0) is 28.7. The number of aromatic hydroxyl groups is 1. The van der Waals surface area contributed by atoms with Crippen LogP contribution in [0.15, 0.2) is 84.1 Å². The van der Waals surface area contributed by atoms with Crippen molar-refractivity contribution in [1.82, 2.24) is 4.98 Å². The standard InChI is InChI=1S/C32H31BN2O6/c1-19-14-25-30(32(38)35(31(25)37)23-8-5-7-22(17-23)33(39)40)26-18-41-28(29(19)26)12-11-21(27-10-2-3-13-34-27)15-20-6-4-9-24(36)16-20/h2-10,13,15-17,25-26,28,30,36,39-40H,11-12,14,18H2,1H3/b21-15-/t25-,26+,28-,30-/m1/s1. The first-order chi connectivity index (χ1) is 19.8. The van der Waals surface area contributed by atoms with E-state index < -0.39 is 19.0 Å². The predicted molar refractivity (Wildman–Crippen MR) is 156 cm³/mol. The van der Waals surface area contributed by atoms with Crippen molar-refractivity contribution in [3.8, 4) is 5.75 Å². The fourth-order valence-electron chi connectivity index (χ4n) is 6.64. The maximum absolute atomic E-state index is 13.7. The van der Waals surface area contributed by atoms with Crippen LogP contribution in [-0.4, -0.2) is 51.8 Å². The normalized spacial score (nSPS) is 24.1. The minimum Gasteiger partial charge on any atom is -0.508 e. The molecule has 0 bridgehead atoms. The number of rotatable bonds is 7. The third-order valence-electron chi connectivity index (χ3n) is 8.46. The van der Waals surface area contributed by atoms with Crippen molar-refractivity contribution in [1.29, 1.82) is 0 Å². The lowest BCUT2D eigenvalue weighted by atomic mass is 9.70. The van der Waals surface area contributed by atoms with Crippen LogP contribution in [0.1, 0.15) is 37.4 Å². The van der Waals surface area contributed by atoms with Crippen LogP contribution >= 0.6 is 0 Å². The van der Waals surface area contributed by atoms with Gasteiger partial charge in [-0.1, -0.05) is 35.9 Å². The highest BCUT2D eigenvalue weighted by Crippen LogP contribution is 2.50. The van der Waals surface area contributed by atoms with Gasteiger partial charge in [0.05, 0.1) is 35.9 Å². The minimum absolute atomic E-state index is 0.179. The van der Waals surface area contributed by atoms with Crippen LogP contribution in [0.2, 0.25) is 0 Å². The lowest BCUT2D eigenvalue weighted by Gasteiger charge is -2.30. The average molecular weight is 550 g/mol. The van der Waals surface area contributed by atoms with E-state index in [1.54, 1.807) is 42.6 Å². The number of ether oxygens (including phenoxy) is 1. The molecular formula is C32H31BN2O6. The van der Waals surface area contributed by atoms with Gasteiger partial charge in [0.2, 0.25) is 11.8 Å². The molecule has 0 unspecified atom stereocenters. The van der Waals surface area contributed by atoms with Crippen molar-refractivity contribution in [2.45, 2.75) is 32.3 Å². The monoisotopic (exact) mass is 550 g/mol. The summed E-state index contributed by atoms with van der Waals surface area (Å²) < 4.78 is 6.32. The minimum atomic E-state index is -1.69. The number of hydrogen-bond donors (Lipinski definition) is 3. The first-order valence-electron chi connectivity index (χ1n) is 13.9. The summed E-state index contributed by atoms with van der Waals surface area (Å²) in [5, 5.41) is 29.1. The van der Waals surface area contributed by atoms with Crippen molar-refractivity contribution >= 4 is 41.7 Å². The molecule has 1 aliphatic carbocycles. The molecule has 208 valence electrons. The van der Waals surface area contributed by atoms with Gasteiger partial charge in [-0.25, -0.2) is 0 Å². The van der Waals surface area contributed by atoms with E-state index in [1.165, 1.54) is 11.0 Å². The molecule has 2 fully saturated rings. The number of imide groups is 1. The van der Waals surface area contributed by atoms with E-state index in [0.29, 0.717) is 31.6 Å². The lowest BCUT2D eigenvalue weighted by molar-refractivity contribution is -0.122. The predicted octanol–water partition coefficient (Wildman–Crippen LogP) is 3.33. The van der Waals surface area contributed by atoms with Crippen LogP contribution in [0.4, 0.5) is 5.69 Å². The second-order valence-corrected chi connectivity index (χ2v) is 11.0. The highest BCUT2D eigenvalue weighted by molar-refractivity contribution is 6.58. The van der Waals surface area contributed by atoms with E-state index in [0.717, 1.165) is 28.0 Å². The number of aromatic nitrogens is 1. The van der Waals surface area contributed by atoms with Gasteiger partial charge in [0, 0.05) is 12.1 Å². The summed E-state index contributed by atoms with van der Waals surface area (Å²) in [7, 11) is -1.69. The van der Waals surface area contributed by atoms with Crippen molar-refractivity contribution in [3.63, 3.8) is 0 Å². The Morgan fingerprint density at radius 2 is 1.88 bits per heavy atom. The van der Waals surface area contributed by atoms with Gasteiger partial charge in [-0.3, -0.25) is 19.5 Å². The molecule has 8 nitrogen and oxygen atoms in total. The molecule has 9 heteroatoms. The summed E-state index contributed by atoms with van der Waals surface area (Å²) in [6.45, 7) is 2.40. The molecule has 0 spiro atoms. The number of amides is 2. The second kappa shape index (κ2) is 11.1. The van der Waals surface area contributed by atoms with E-state index >= 15 is 0 Å². The maximum Gasteiger partial charge on any atom is 0.488 e. The van der Waals surface area contributed by atoms with Crippen LogP contribution in [0.3, 0.4) is 0 Å². The molecule has 3 aliphatic rings. The van der Waals surface area contributed by atoms with Crippen molar-refractivity contribution in [2.75, 3.05) is 11.5 Å². The Morgan fingerprint density at radius 3 is 2.63 bits per heavy atom. The molecule has 3 N–H and O–H groups in total. The van der Waals surface area contributed by atoms with E-state index in [9.17, 15) is 24.7 Å². The van der Waals surface area contributed by atoms with Gasteiger partial charge in [-0.15, -0.1) is 0 Å². The van der Waals surface area contributed by atoms with Crippen LogP contribution in [0, 0.1) is 17.8 Å². The largest absolute Gasteiger partial charge is 0.508 e. The topological polar surface area (TPSA) is 120 Å². The van der Waals surface area contributed by atoms with Gasteiger partial charge in [0.1, 0.15) is 5.75 Å². The molecule has 3 aromatic rings. The van der Waals surface area contributed by atoms with E-state index in [1.807, 2.05) is 37.3 Å². The van der Waals surface area contributed by atoms with E-state index in [-0.39, 0.29) is 35.0 Å². The molecule has 1 aromatic heterocycles. The Hall–Kier alpha value is -4.05. The Kier molecular flexibility index (Phi) is 7.34. The molecule has 0 saturated carbocycles. The van der Waals surface area contributed by atoms with Gasteiger partial charge in [0.15, 0.2) is 0 Å². The van der Waals surface area contributed by atoms with Gasteiger partial charge in [-0.2, -0.15) is 0 Å². The SMILES string of the molecule is CC1=C2[C@@H](CC/C(=C/c3cccc(O)c3)c3ccccn3)OC[C@@H]2[C@@H]2C(=O)N(c3cccc(B(O)O)c3)C(=O)[C@@H]2C1. The molecule has 2 aromatic carbocycles. The van der Waals surface area contributed by atoms with Crippen molar-refractivity contribution in [3.05, 3.63) is 95.3 Å². The molecule has 2 amide bonds. The fraction of sp³-hybridized carbons (Fsp3) is 0.281. The lowest BCUT2D eigenvalue weighted by Crippen LogP contribution is -2.35. The average Bonchev–Trinajstić information content (AvgIpc) is 3.50. The molecule has 6 rings (SSSR count). The summed E-state index contributed by atoms with van der Waals surface area (Å²) in [6, 6.07) is 19.1. The van der Waals surface area contributed by atoms with E-state index in [2.05, 4.69) is 4.98 Å². The number of carbonyl (C=O) groups excluding carboxylic acids is 2. The molecule has 41 heavy (non-hydrogen) atoms. The number of pyridine rings is 1. The van der Waals surface area contributed by atoms with Crippen LogP contribution < -0.4 is 10.4 Å². The van der Waals surface area contributed by atoms with Crippen LogP contribution in [0.5, 0.6) is 5.75 Å². The third kappa shape index (κ3) is 5.12. The van der Waals surface area contributed by atoms with Gasteiger partial charge >= 0.3 is 7.12 Å². The van der Waals surface area contributed by atoms with Gasteiger partial charge < -0.3 is 19.9 Å². The van der Waals surface area contributed by atoms with Crippen LogP contribution in [-0.2, 0) is 14.3 Å². The molecule has 3 heterocycles. The number of fused-ring (bicyclic) bond motifs is 3. The summed E-state index contributed by atoms with van der Waals surface area (Å²) in [4.78, 5) is 33.0. The maximum atomic E-state index is 13.7. The number of hydrogen-bond acceptors (Lipinski definition) is 7. The molecule has 2 saturated heterocycles. The Morgan fingerprint density at radius 1 is 1.05 bits per heavy atom. The number of carbonyl (C=O) groups is 2. The summed E-state index contributed by atoms with van der Waals surface area (Å²) >= 11 is 0. The van der Waals surface area contributed by atoms with Crippen LogP contribution in [0.25, 0.3) is 11.6 Å². The molecule has 4 atom stereocenters. The highest BCUT2D eigenvalue weighted by Gasteiger charge is 2.56. The highest BCUT2D eigenvalue weighted by atomic mass is 16.5. The second-order valence-electron chi connectivity index (χ2n) is 11.0. The summed E-state index contributed by atoms with van der Waals surface area (Å²) in [6.07, 6.45) is 5.45. The Bertz CT molecular complexity index is 1550. The van der Waals surface area contributed by atoms with Crippen molar-refractivity contribution < 1.29 is 29.5 Å². The number of phenols is 1. The van der Waals surface area contributed by atoms with E-state index in [4.69, 9.17) is 4.74 Å². The summed E-state index contributed by atoms with van der Waals surface area (Å²) in [5.74, 6) is -1.47. The first kappa shape index (κ1) is 27.1. The zero-order valence-electron chi connectivity index (χ0n) is 22.7. The third-order valence-corrected chi connectivity index (χ3v) is 8.46. The van der Waals surface area contributed by atoms with Crippen molar-refractivity contribution in [2.24, 2.45) is 17.8 Å². The summed E-state index contributed by atoms with van der Waals surface area (Å²) in [5.41, 5.74) is 5.52. The number of nitrogens with zero attached hydrogens (tertiary/aromatic N) is 2. The molecule has 2 aliphatic heterocycles. The number of phenolic OH excluding ortho intramolecular Hbond substituents is 1. The zero-order valence-corrected chi connectivity index (χ0v) is 22.7.